The van der Waals surface area contributed by atoms with E-state index in [1.54, 1.807) is 0 Å². The highest BCUT2D eigenvalue weighted by atomic mass is 16.2. The molecule has 122 valence electrons. The van der Waals surface area contributed by atoms with Gasteiger partial charge in [0.2, 0.25) is 5.91 Å². The summed E-state index contributed by atoms with van der Waals surface area (Å²) in [7, 11) is 2.21. The van der Waals surface area contributed by atoms with Crippen LogP contribution in [0.1, 0.15) is 46.0 Å². The number of nitrogens with one attached hydrogen (secondary N) is 1. The van der Waals surface area contributed by atoms with Crippen LogP contribution in [0.25, 0.3) is 0 Å². The lowest BCUT2D eigenvalue weighted by atomic mass is 9.93. The van der Waals surface area contributed by atoms with E-state index in [1.165, 1.54) is 32.2 Å². The molecule has 4 heteroatoms. The fourth-order valence-corrected chi connectivity index (χ4v) is 3.46. The zero-order valence-corrected chi connectivity index (χ0v) is 14.1. The van der Waals surface area contributed by atoms with Gasteiger partial charge in [0.15, 0.2) is 0 Å². The van der Waals surface area contributed by atoms with E-state index < -0.39 is 0 Å². The topological polar surface area (TPSA) is 35.6 Å². The predicted molar refractivity (Wildman–Crippen MR) is 87.3 cm³/mol. The molecule has 0 aromatic heterocycles. The predicted octanol–water partition coefficient (Wildman–Crippen LogP) is 1.95. The number of hydrogen-bond donors (Lipinski definition) is 1. The summed E-state index contributed by atoms with van der Waals surface area (Å²) in [5.41, 5.74) is 0. The van der Waals surface area contributed by atoms with Crippen LogP contribution in [0.4, 0.5) is 0 Å². The highest BCUT2D eigenvalue weighted by molar-refractivity contribution is 5.76. The fraction of sp³-hybridized carbons (Fsp3) is 0.941. The van der Waals surface area contributed by atoms with Crippen LogP contribution < -0.4 is 5.32 Å². The molecule has 0 radical (unpaired) electrons. The van der Waals surface area contributed by atoms with Crippen molar-refractivity contribution < 1.29 is 4.79 Å². The van der Waals surface area contributed by atoms with Gasteiger partial charge in [0, 0.05) is 32.1 Å². The molecular weight excluding hydrogens is 262 g/mol. The van der Waals surface area contributed by atoms with Crippen LogP contribution >= 0.6 is 0 Å². The van der Waals surface area contributed by atoms with E-state index in [4.69, 9.17) is 0 Å². The normalized spacial score (nSPS) is 24.8. The minimum Gasteiger partial charge on any atom is -0.343 e. The molecule has 4 nitrogen and oxygen atoms in total. The average molecular weight is 295 g/mol. The first kappa shape index (κ1) is 16.8. The van der Waals surface area contributed by atoms with Gasteiger partial charge in [-0.15, -0.1) is 0 Å². The van der Waals surface area contributed by atoms with E-state index in [0.29, 0.717) is 17.9 Å². The molecule has 2 fully saturated rings. The SMILES string of the molecule is CC(C)N(C)CC1CCN(C(=O)CC2CCCNC2)CC1. The van der Waals surface area contributed by atoms with Crippen molar-refractivity contribution in [3.8, 4) is 0 Å². The van der Waals surface area contributed by atoms with Crippen molar-refractivity contribution in [2.45, 2.75) is 52.0 Å². The van der Waals surface area contributed by atoms with Gasteiger partial charge in [0.25, 0.3) is 0 Å². The summed E-state index contributed by atoms with van der Waals surface area (Å²) >= 11 is 0. The highest BCUT2D eigenvalue weighted by Crippen LogP contribution is 2.21. The Bertz CT molecular complexity index is 318. The molecule has 2 rings (SSSR count). The zero-order valence-electron chi connectivity index (χ0n) is 14.1. The number of likely N-dealkylation sites (tertiary alicyclic amines) is 1. The zero-order chi connectivity index (χ0) is 15.2. The maximum absolute atomic E-state index is 12.4. The summed E-state index contributed by atoms with van der Waals surface area (Å²) in [6.45, 7) is 9.76. The highest BCUT2D eigenvalue weighted by Gasteiger charge is 2.26. The summed E-state index contributed by atoms with van der Waals surface area (Å²) in [6.07, 6.45) is 5.54. The molecule has 1 atom stereocenters. The maximum atomic E-state index is 12.4. The van der Waals surface area contributed by atoms with Crippen molar-refractivity contribution >= 4 is 5.91 Å². The van der Waals surface area contributed by atoms with Gasteiger partial charge in [0.1, 0.15) is 0 Å². The quantitative estimate of drug-likeness (QED) is 0.842. The molecule has 2 aliphatic heterocycles. The molecule has 21 heavy (non-hydrogen) atoms. The van der Waals surface area contributed by atoms with Crippen LogP contribution in [0.2, 0.25) is 0 Å². The Balaban J connectivity index is 1.69. The number of carbonyl (C=O) groups excluding carboxylic acids is 1. The van der Waals surface area contributed by atoms with Gasteiger partial charge in [-0.3, -0.25) is 4.79 Å². The Morgan fingerprint density at radius 2 is 1.95 bits per heavy atom. The van der Waals surface area contributed by atoms with Crippen LogP contribution in [-0.2, 0) is 4.79 Å². The summed E-state index contributed by atoms with van der Waals surface area (Å²) in [5, 5.41) is 3.41. The summed E-state index contributed by atoms with van der Waals surface area (Å²) in [6, 6.07) is 0.614. The smallest absolute Gasteiger partial charge is 0.222 e. The summed E-state index contributed by atoms with van der Waals surface area (Å²) in [5.74, 6) is 1.72. The molecule has 2 aliphatic rings. The second-order valence-electron chi connectivity index (χ2n) is 7.27. The van der Waals surface area contributed by atoms with Crippen molar-refractivity contribution in [3.63, 3.8) is 0 Å². The lowest BCUT2D eigenvalue weighted by molar-refractivity contribution is -0.133. The molecule has 0 aromatic carbocycles. The fourth-order valence-electron chi connectivity index (χ4n) is 3.46. The van der Waals surface area contributed by atoms with Gasteiger partial charge in [0.05, 0.1) is 0 Å². The third-order valence-electron chi connectivity index (χ3n) is 5.26. The van der Waals surface area contributed by atoms with Crippen LogP contribution in [0.5, 0.6) is 0 Å². The van der Waals surface area contributed by atoms with Gasteiger partial charge in [-0.25, -0.2) is 0 Å². The minimum atomic E-state index is 0.388. The van der Waals surface area contributed by atoms with Crippen molar-refractivity contribution in [2.75, 3.05) is 39.8 Å². The molecule has 1 unspecified atom stereocenters. The summed E-state index contributed by atoms with van der Waals surface area (Å²) in [4.78, 5) is 16.9. The average Bonchev–Trinajstić information content (AvgIpc) is 2.48. The Morgan fingerprint density at radius 1 is 1.24 bits per heavy atom. The molecule has 1 amide bonds. The minimum absolute atomic E-state index is 0.388. The van der Waals surface area contributed by atoms with Crippen LogP contribution in [0, 0.1) is 11.8 Å². The number of amides is 1. The first-order chi connectivity index (χ1) is 10.1. The molecule has 1 N–H and O–H groups in total. The maximum Gasteiger partial charge on any atom is 0.222 e. The van der Waals surface area contributed by atoms with Crippen LogP contribution in [-0.4, -0.2) is 61.5 Å². The standard InChI is InChI=1S/C17H33N3O/c1-14(2)19(3)13-15-6-9-20(10-7-15)17(21)11-16-5-4-8-18-12-16/h14-16,18H,4-13H2,1-3H3. The van der Waals surface area contributed by atoms with Crippen LogP contribution in [0.3, 0.4) is 0 Å². The van der Waals surface area contributed by atoms with E-state index in [9.17, 15) is 4.79 Å². The second-order valence-corrected chi connectivity index (χ2v) is 7.27. The third-order valence-corrected chi connectivity index (χ3v) is 5.26. The molecular formula is C17H33N3O. The van der Waals surface area contributed by atoms with Gasteiger partial charge >= 0.3 is 0 Å². The van der Waals surface area contributed by atoms with Crippen molar-refractivity contribution in [3.05, 3.63) is 0 Å². The van der Waals surface area contributed by atoms with Crippen molar-refractivity contribution in [1.29, 1.82) is 0 Å². The summed E-state index contributed by atoms with van der Waals surface area (Å²) < 4.78 is 0. The Kier molecular flexibility index (Phi) is 6.49. The molecule has 0 spiro atoms. The van der Waals surface area contributed by atoms with Crippen molar-refractivity contribution in [2.24, 2.45) is 11.8 Å². The Morgan fingerprint density at radius 3 is 2.52 bits per heavy atom. The van der Waals surface area contributed by atoms with E-state index in [0.717, 1.165) is 38.5 Å². The number of piperidine rings is 2. The van der Waals surface area contributed by atoms with Gasteiger partial charge < -0.3 is 15.1 Å². The van der Waals surface area contributed by atoms with E-state index in [2.05, 4.69) is 36.0 Å². The first-order valence-corrected chi connectivity index (χ1v) is 8.75. The Labute approximate surface area is 130 Å². The van der Waals surface area contributed by atoms with E-state index >= 15 is 0 Å². The number of carbonyl (C=O) groups is 1. The van der Waals surface area contributed by atoms with E-state index in [1.807, 2.05) is 0 Å². The van der Waals surface area contributed by atoms with E-state index in [-0.39, 0.29) is 0 Å². The van der Waals surface area contributed by atoms with Gasteiger partial charge in [-0.1, -0.05) is 0 Å². The molecule has 0 bridgehead atoms. The molecule has 2 heterocycles. The second kappa shape index (κ2) is 8.14. The monoisotopic (exact) mass is 295 g/mol. The molecule has 0 aliphatic carbocycles. The largest absolute Gasteiger partial charge is 0.343 e. The molecule has 0 saturated carbocycles. The van der Waals surface area contributed by atoms with Crippen molar-refractivity contribution in [1.82, 2.24) is 15.1 Å². The van der Waals surface area contributed by atoms with Gasteiger partial charge in [-0.2, -0.15) is 0 Å². The first-order valence-electron chi connectivity index (χ1n) is 8.75. The van der Waals surface area contributed by atoms with Crippen LogP contribution in [0.15, 0.2) is 0 Å². The lowest BCUT2D eigenvalue weighted by Gasteiger charge is -2.35. The lowest BCUT2D eigenvalue weighted by Crippen LogP contribution is -2.43. The number of nitrogens with zero attached hydrogens (tertiary/aromatic N) is 2. The number of rotatable bonds is 5. The number of hydrogen-bond acceptors (Lipinski definition) is 3. The van der Waals surface area contributed by atoms with Gasteiger partial charge in [-0.05, 0) is 71.5 Å². The third kappa shape index (κ3) is 5.26. The molecule has 2 saturated heterocycles. The Hall–Kier alpha value is -0.610. The molecule has 0 aromatic rings.